The van der Waals surface area contributed by atoms with Crippen LogP contribution in [0.5, 0.6) is 0 Å². The molecule has 0 saturated carbocycles. The fraction of sp³-hybridized carbons (Fsp3) is 0.524. The van der Waals surface area contributed by atoms with E-state index in [0.717, 1.165) is 13.0 Å². The molecule has 24 heavy (non-hydrogen) atoms. The number of rotatable bonds is 1. The minimum Gasteiger partial charge on any atom is -0.377 e. The van der Waals surface area contributed by atoms with Crippen LogP contribution in [0.4, 0.5) is 5.69 Å². The molecule has 2 nitrogen and oxygen atoms in total. The molecule has 1 fully saturated rings. The molecule has 0 radical (unpaired) electrons. The average molecular weight is 342 g/mol. The predicted octanol–water partition coefficient (Wildman–Crippen LogP) is 5.99. The molecule has 0 amide bonds. The van der Waals surface area contributed by atoms with Gasteiger partial charge in [0.15, 0.2) is 0 Å². The van der Waals surface area contributed by atoms with Gasteiger partial charge in [0.05, 0.1) is 12.1 Å². The van der Waals surface area contributed by atoms with Crippen molar-refractivity contribution in [2.24, 2.45) is 5.92 Å². The second-order valence-corrected chi connectivity index (χ2v) is 9.54. The molecule has 2 aliphatic heterocycles. The van der Waals surface area contributed by atoms with Gasteiger partial charge in [-0.25, -0.2) is 0 Å². The fourth-order valence-electron chi connectivity index (χ4n) is 4.04. The van der Waals surface area contributed by atoms with E-state index in [4.69, 9.17) is 4.74 Å². The minimum atomic E-state index is 0.168. The van der Waals surface area contributed by atoms with Gasteiger partial charge in [0.1, 0.15) is 0 Å². The molecule has 2 aliphatic rings. The number of hydrogen-bond acceptors (Lipinski definition) is 3. The largest absolute Gasteiger partial charge is 0.377 e. The second kappa shape index (κ2) is 5.89. The number of ether oxygens (including phenoxy) is 1. The van der Waals surface area contributed by atoms with Gasteiger partial charge in [-0.2, -0.15) is 0 Å². The molecule has 3 heteroatoms. The standard InChI is InChI=1S/C21H27NOS/c1-13-7-10-18(24-13)19-15-6-5-11-23-20(15)16-12-14(21(2,3)4)8-9-17(16)22-19/h7-10,12,15,19-20,22H,5-6,11H2,1-4H3/t15-,19+,20-/m0/s1. The van der Waals surface area contributed by atoms with Crippen molar-refractivity contribution in [3.05, 3.63) is 51.2 Å². The van der Waals surface area contributed by atoms with Gasteiger partial charge in [0, 0.05) is 33.5 Å². The third-order valence-corrected chi connectivity index (χ3v) is 6.48. The summed E-state index contributed by atoms with van der Waals surface area (Å²) in [6.07, 6.45) is 2.63. The van der Waals surface area contributed by atoms with Gasteiger partial charge in [-0.3, -0.25) is 0 Å². The van der Waals surface area contributed by atoms with Crippen LogP contribution in [-0.4, -0.2) is 6.61 Å². The van der Waals surface area contributed by atoms with E-state index in [-0.39, 0.29) is 11.5 Å². The third kappa shape index (κ3) is 2.78. The van der Waals surface area contributed by atoms with Crippen molar-refractivity contribution in [3.8, 4) is 0 Å². The number of anilines is 1. The highest BCUT2D eigenvalue weighted by atomic mass is 32.1. The lowest BCUT2D eigenvalue weighted by Crippen LogP contribution is -2.35. The Balaban J connectivity index is 1.77. The number of aryl methyl sites for hydroxylation is 1. The zero-order chi connectivity index (χ0) is 16.9. The van der Waals surface area contributed by atoms with Crippen LogP contribution in [-0.2, 0) is 10.2 Å². The second-order valence-electron chi connectivity index (χ2n) is 8.22. The number of hydrogen-bond donors (Lipinski definition) is 1. The number of fused-ring (bicyclic) bond motifs is 3. The van der Waals surface area contributed by atoms with E-state index in [1.54, 1.807) is 0 Å². The average Bonchev–Trinajstić information content (AvgIpc) is 2.99. The third-order valence-electron chi connectivity index (χ3n) is 5.40. The van der Waals surface area contributed by atoms with Crippen molar-refractivity contribution >= 4 is 17.0 Å². The highest BCUT2D eigenvalue weighted by molar-refractivity contribution is 7.12. The molecule has 128 valence electrons. The fourth-order valence-corrected chi connectivity index (χ4v) is 5.04. The van der Waals surface area contributed by atoms with Crippen LogP contribution in [0.2, 0.25) is 0 Å². The van der Waals surface area contributed by atoms with Crippen LogP contribution >= 0.6 is 11.3 Å². The maximum Gasteiger partial charge on any atom is 0.0896 e. The Hall–Kier alpha value is -1.32. The molecular weight excluding hydrogens is 314 g/mol. The Morgan fingerprint density at radius 2 is 2.00 bits per heavy atom. The molecule has 0 aliphatic carbocycles. The zero-order valence-corrected chi connectivity index (χ0v) is 15.9. The summed E-state index contributed by atoms with van der Waals surface area (Å²) in [6.45, 7) is 9.91. The highest BCUT2D eigenvalue weighted by Gasteiger charge is 2.40. The summed E-state index contributed by atoms with van der Waals surface area (Å²) in [6, 6.07) is 11.8. The van der Waals surface area contributed by atoms with Gasteiger partial charge >= 0.3 is 0 Å². The molecule has 0 bridgehead atoms. The highest BCUT2D eigenvalue weighted by Crippen LogP contribution is 2.50. The van der Waals surface area contributed by atoms with Crippen LogP contribution in [0.25, 0.3) is 0 Å². The molecule has 2 aromatic rings. The SMILES string of the molecule is Cc1ccc([C@@H]2Nc3ccc(C(C)(C)C)cc3[C@H]3OCCC[C@H]32)s1. The van der Waals surface area contributed by atoms with E-state index in [1.807, 2.05) is 11.3 Å². The zero-order valence-electron chi connectivity index (χ0n) is 15.1. The van der Waals surface area contributed by atoms with Crippen LogP contribution in [0, 0.1) is 12.8 Å². The lowest BCUT2D eigenvalue weighted by molar-refractivity contribution is -0.0378. The topological polar surface area (TPSA) is 21.3 Å². The van der Waals surface area contributed by atoms with Gasteiger partial charge in [-0.15, -0.1) is 11.3 Å². The molecule has 0 unspecified atom stereocenters. The summed E-state index contributed by atoms with van der Waals surface area (Å²) in [7, 11) is 0. The van der Waals surface area contributed by atoms with Crippen LogP contribution in [0.15, 0.2) is 30.3 Å². The summed E-state index contributed by atoms with van der Waals surface area (Å²) >= 11 is 1.91. The van der Waals surface area contributed by atoms with Gasteiger partial charge in [0.2, 0.25) is 0 Å². The van der Waals surface area contributed by atoms with Crippen molar-refractivity contribution in [1.29, 1.82) is 0 Å². The number of nitrogens with one attached hydrogen (secondary N) is 1. The van der Waals surface area contributed by atoms with Gasteiger partial charge < -0.3 is 10.1 Å². The summed E-state index contributed by atoms with van der Waals surface area (Å²) in [5.41, 5.74) is 4.17. The smallest absolute Gasteiger partial charge is 0.0896 e. The van der Waals surface area contributed by atoms with E-state index in [2.05, 4.69) is 63.3 Å². The lowest BCUT2D eigenvalue weighted by Gasteiger charge is -2.43. The van der Waals surface area contributed by atoms with Crippen LogP contribution < -0.4 is 5.32 Å². The monoisotopic (exact) mass is 341 g/mol. The van der Waals surface area contributed by atoms with Gasteiger partial charge in [-0.05, 0) is 48.9 Å². The van der Waals surface area contributed by atoms with Crippen molar-refractivity contribution < 1.29 is 4.74 Å². The Bertz CT molecular complexity index is 743. The first-order valence-electron chi connectivity index (χ1n) is 9.02. The van der Waals surface area contributed by atoms with E-state index >= 15 is 0 Å². The number of thiophene rings is 1. The molecule has 1 aromatic heterocycles. The molecule has 1 saturated heterocycles. The van der Waals surface area contributed by atoms with Crippen LogP contribution in [0.3, 0.4) is 0 Å². The van der Waals surface area contributed by atoms with Crippen molar-refractivity contribution in [1.82, 2.24) is 0 Å². The maximum atomic E-state index is 6.30. The Labute approximate surface area is 149 Å². The molecule has 1 N–H and O–H groups in total. The quantitative estimate of drug-likeness (QED) is 0.688. The summed E-state index contributed by atoms with van der Waals surface area (Å²) in [5.74, 6) is 0.527. The Kier molecular flexibility index (Phi) is 3.97. The van der Waals surface area contributed by atoms with Gasteiger partial charge in [-0.1, -0.05) is 32.9 Å². The van der Waals surface area contributed by atoms with Crippen LogP contribution in [0.1, 0.15) is 66.6 Å². The molecule has 1 aromatic carbocycles. The van der Waals surface area contributed by atoms with E-state index in [9.17, 15) is 0 Å². The first-order valence-corrected chi connectivity index (χ1v) is 9.84. The molecule has 4 rings (SSSR count). The van der Waals surface area contributed by atoms with E-state index < -0.39 is 0 Å². The minimum absolute atomic E-state index is 0.168. The van der Waals surface area contributed by atoms with E-state index in [1.165, 1.54) is 33.0 Å². The molecule has 3 atom stereocenters. The lowest BCUT2D eigenvalue weighted by atomic mass is 9.77. The summed E-state index contributed by atoms with van der Waals surface area (Å²) in [4.78, 5) is 2.83. The molecular formula is C21H27NOS. The number of benzene rings is 1. The normalized spacial score (nSPS) is 26.4. The first-order chi connectivity index (χ1) is 11.4. The predicted molar refractivity (Wildman–Crippen MR) is 102 cm³/mol. The maximum absolute atomic E-state index is 6.30. The van der Waals surface area contributed by atoms with Crippen molar-refractivity contribution in [2.45, 2.75) is 58.1 Å². The van der Waals surface area contributed by atoms with E-state index in [0.29, 0.717) is 12.0 Å². The van der Waals surface area contributed by atoms with Gasteiger partial charge in [0.25, 0.3) is 0 Å². The Morgan fingerprint density at radius 1 is 1.17 bits per heavy atom. The molecule has 0 spiro atoms. The summed E-state index contributed by atoms with van der Waals surface area (Å²) in [5, 5.41) is 3.83. The van der Waals surface area contributed by atoms with Crippen molar-refractivity contribution in [3.63, 3.8) is 0 Å². The first kappa shape index (κ1) is 16.2. The van der Waals surface area contributed by atoms with Crippen molar-refractivity contribution in [2.75, 3.05) is 11.9 Å². The summed E-state index contributed by atoms with van der Waals surface area (Å²) < 4.78 is 6.30. The molecule has 3 heterocycles. The Morgan fingerprint density at radius 3 is 2.71 bits per heavy atom.